The van der Waals surface area contributed by atoms with Gasteiger partial charge in [0.25, 0.3) is 0 Å². The molecule has 104 valence electrons. The molecule has 2 nitrogen and oxygen atoms in total. The second-order valence-corrected chi connectivity index (χ2v) is 7.49. The fourth-order valence-corrected chi connectivity index (χ4v) is 4.55. The van der Waals surface area contributed by atoms with E-state index in [9.17, 15) is 0 Å². The summed E-state index contributed by atoms with van der Waals surface area (Å²) in [6.45, 7) is 4.07. The van der Waals surface area contributed by atoms with Crippen molar-refractivity contribution in [2.24, 2.45) is 0 Å². The van der Waals surface area contributed by atoms with Gasteiger partial charge in [-0.15, -0.1) is 22.7 Å². The van der Waals surface area contributed by atoms with Gasteiger partial charge in [-0.1, -0.05) is 0 Å². The lowest BCUT2D eigenvalue weighted by Crippen LogP contribution is -2.17. The van der Waals surface area contributed by atoms with Gasteiger partial charge in [0.15, 0.2) is 0 Å². The number of hydrogen-bond acceptors (Lipinski definition) is 5. The lowest BCUT2D eigenvalue weighted by Gasteiger charge is -2.14. The van der Waals surface area contributed by atoms with E-state index in [4.69, 9.17) is 4.98 Å². The van der Waals surface area contributed by atoms with Crippen LogP contribution in [0, 0.1) is 6.92 Å². The average Bonchev–Trinajstić information content (AvgIpc) is 3.12. The van der Waals surface area contributed by atoms with Gasteiger partial charge in [-0.05, 0) is 42.4 Å². The summed E-state index contributed by atoms with van der Waals surface area (Å²) < 4.78 is 0. The molecule has 0 aliphatic carbocycles. The third kappa shape index (κ3) is 3.17. The molecule has 0 radical (unpaired) electrons. The lowest BCUT2D eigenvalue weighted by atomic mass is 10.3. The average molecular weight is 321 g/mol. The summed E-state index contributed by atoms with van der Waals surface area (Å²) in [7, 11) is 2.16. The number of rotatable bonds is 5. The summed E-state index contributed by atoms with van der Waals surface area (Å²) >= 11 is 5.29. The topological polar surface area (TPSA) is 16.1 Å². The minimum absolute atomic E-state index is 0.901. The van der Waals surface area contributed by atoms with Crippen LogP contribution >= 0.6 is 34.0 Å². The van der Waals surface area contributed by atoms with Crippen molar-refractivity contribution >= 4 is 34.0 Å². The van der Waals surface area contributed by atoms with Crippen LogP contribution < -0.4 is 0 Å². The second kappa shape index (κ2) is 6.18. The van der Waals surface area contributed by atoms with Crippen LogP contribution in [0.3, 0.4) is 0 Å². The fourth-order valence-electron chi connectivity index (χ4n) is 2.04. The Morgan fingerprint density at radius 1 is 1.10 bits per heavy atom. The minimum Gasteiger partial charge on any atom is -0.295 e. The third-order valence-electron chi connectivity index (χ3n) is 3.13. The Morgan fingerprint density at radius 3 is 2.70 bits per heavy atom. The van der Waals surface area contributed by atoms with Crippen LogP contribution in [-0.2, 0) is 13.1 Å². The molecule has 0 spiro atoms. The maximum Gasteiger partial charge on any atom is 0.124 e. The molecule has 3 rings (SSSR count). The van der Waals surface area contributed by atoms with E-state index in [1.807, 2.05) is 11.3 Å². The number of aromatic nitrogens is 1. The second-order valence-electron chi connectivity index (χ2n) is 4.86. The van der Waals surface area contributed by atoms with E-state index in [-0.39, 0.29) is 0 Å². The number of thiazole rings is 1. The van der Waals surface area contributed by atoms with E-state index in [0.29, 0.717) is 0 Å². The molecule has 0 N–H and O–H groups in total. The minimum atomic E-state index is 0.901. The van der Waals surface area contributed by atoms with Gasteiger partial charge in [0.2, 0.25) is 0 Å². The fraction of sp³-hybridized carbons (Fsp3) is 0.267. The molecule has 0 aromatic carbocycles. The molecule has 3 aromatic rings. The number of thiophene rings is 2. The molecule has 3 heterocycles. The van der Waals surface area contributed by atoms with Crippen LogP contribution in [0.5, 0.6) is 0 Å². The maximum absolute atomic E-state index is 4.73. The Balaban J connectivity index is 1.65. The van der Waals surface area contributed by atoms with Crippen molar-refractivity contribution < 1.29 is 0 Å². The number of aryl methyl sites for hydroxylation is 1. The molecule has 5 heteroatoms. The number of hydrogen-bond donors (Lipinski definition) is 0. The van der Waals surface area contributed by atoms with Gasteiger partial charge in [-0.25, -0.2) is 4.98 Å². The summed E-state index contributed by atoms with van der Waals surface area (Å²) in [6.07, 6.45) is 0. The van der Waals surface area contributed by atoms with Gasteiger partial charge in [-0.2, -0.15) is 11.3 Å². The summed E-state index contributed by atoms with van der Waals surface area (Å²) in [5.74, 6) is 0. The molecule has 0 amide bonds. The zero-order valence-electron chi connectivity index (χ0n) is 11.5. The SMILES string of the molecule is Cc1ccsc1CN(C)Cc1csc(-c2ccsc2)n1. The molecule has 0 unspecified atom stereocenters. The standard InChI is InChI=1S/C15H16N2S3/c1-11-3-6-19-14(11)8-17(2)7-13-10-20-15(16-13)12-4-5-18-9-12/h3-6,9-10H,7-8H2,1-2H3. The Labute approximate surface area is 131 Å². The first-order valence-corrected chi connectivity index (χ1v) is 9.11. The highest BCUT2D eigenvalue weighted by Crippen LogP contribution is 2.26. The van der Waals surface area contributed by atoms with Crippen molar-refractivity contribution in [1.82, 2.24) is 9.88 Å². The summed E-state index contributed by atoms with van der Waals surface area (Å²) in [5, 5.41) is 9.71. The van der Waals surface area contributed by atoms with Gasteiger partial charge in [0, 0.05) is 34.3 Å². The van der Waals surface area contributed by atoms with Gasteiger partial charge in [-0.3, -0.25) is 4.90 Å². The van der Waals surface area contributed by atoms with Crippen molar-refractivity contribution in [1.29, 1.82) is 0 Å². The van der Waals surface area contributed by atoms with Crippen molar-refractivity contribution in [2.45, 2.75) is 20.0 Å². The summed E-state index contributed by atoms with van der Waals surface area (Å²) in [4.78, 5) is 8.50. The van der Waals surface area contributed by atoms with Crippen molar-refractivity contribution in [2.75, 3.05) is 7.05 Å². The first-order valence-electron chi connectivity index (χ1n) is 6.41. The van der Waals surface area contributed by atoms with E-state index in [1.165, 1.54) is 16.0 Å². The Kier molecular flexibility index (Phi) is 4.31. The Bertz CT molecular complexity index is 667. The molecule has 0 saturated heterocycles. The molecule has 0 atom stereocenters. The van der Waals surface area contributed by atoms with Crippen molar-refractivity contribution in [3.05, 3.63) is 49.8 Å². The smallest absolute Gasteiger partial charge is 0.124 e. The van der Waals surface area contributed by atoms with E-state index >= 15 is 0 Å². The van der Waals surface area contributed by atoms with Gasteiger partial charge >= 0.3 is 0 Å². The largest absolute Gasteiger partial charge is 0.295 e. The number of nitrogens with zero attached hydrogens (tertiary/aromatic N) is 2. The van der Waals surface area contributed by atoms with Crippen LogP contribution in [0.1, 0.15) is 16.1 Å². The molecule has 3 aromatic heterocycles. The van der Waals surface area contributed by atoms with Crippen LogP contribution in [-0.4, -0.2) is 16.9 Å². The van der Waals surface area contributed by atoms with E-state index in [2.05, 4.69) is 52.5 Å². The zero-order valence-corrected chi connectivity index (χ0v) is 13.9. The van der Waals surface area contributed by atoms with E-state index in [0.717, 1.165) is 23.8 Å². The van der Waals surface area contributed by atoms with Crippen LogP contribution in [0.25, 0.3) is 10.6 Å². The highest BCUT2D eigenvalue weighted by molar-refractivity contribution is 7.14. The summed E-state index contributed by atoms with van der Waals surface area (Å²) in [5.41, 5.74) is 3.79. The van der Waals surface area contributed by atoms with Crippen LogP contribution in [0.4, 0.5) is 0 Å². The molecule has 0 fully saturated rings. The predicted octanol–water partition coefficient (Wildman–Crippen LogP) is 4.87. The van der Waals surface area contributed by atoms with E-state index < -0.39 is 0 Å². The molecule has 0 aliphatic rings. The first kappa shape index (κ1) is 13.9. The molecule has 0 aliphatic heterocycles. The van der Waals surface area contributed by atoms with E-state index in [1.54, 1.807) is 22.7 Å². The quantitative estimate of drug-likeness (QED) is 0.666. The molecule has 0 bridgehead atoms. The van der Waals surface area contributed by atoms with Crippen molar-refractivity contribution in [3.63, 3.8) is 0 Å². The molecule has 20 heavy (non-hydrogen) atoms. The Hall–Kier alpha value is -1.01. The molecular formula is C15H16N2S3. The van der Waals surface area contributed by atoms with Crippen LogP contribution in [0.15, 0.2) is 33.7 Å². The predicted molar refractivity (Wildman–Crippen MR) is 89.7 cm³/mol. The third-order valence-corrected chi connectivity index (χ3v) is 5.76. The lowest BCUT2D eigenvalue weighted by molar-refractivity contribution is 0.318. The van der Waals surface area contributed by atoms with Gasteiger partial charge in [0.1, 0.15) is 5.01 Å². The zero-order chi connectivity index (χ0) is 13.9. The molecular weight excluding hydrogens is 304 g/mol. The highest BCUT2D eigenvalue weighted by atomic mass is 32.1. The summed E-state index contributed by atoms with van der Waals surface area (Å²) in [6, 6.07) is 4.32. The maximum atomic E-state index is 4.73. The molecule has 0 saturated carbocycles. The monoisotopic (exact) mass is 320 g/mol. The first-order chi connectivity index (χ1) is 9.72. The van der Waals surface area contributed by atoms with Crippen LogP contribution in [0.2, 0.25) is 0 Å². The van der Waals surface area contributed by atoms with Gasteiger partial charge < -0.3 is 0 Å². The van der Waals surface area contributed by atoms with Gasteiger partial charge in [0.05, 0.1) is 5.69 Å². The highest BCUT2D eigenvalue weighted by Gasteiger charge is 2.09. The normalized spacial score (nSPS) is 11.3. The Morgan fingerprint density at radius 2 is 2.00 bits per heavy atom. The van der Waals surface area contributed by atoms with Crippen molar-refractivity contribution in [3.8, 4) is 10.6 Å².